The Bertz CT molecular complexity index is 621. The maximum Gasteiger partial charge on any atom is 0.191 e. The van der Waals surface area contributed by atoms with E-state index in [2.05, 4.69) is 27.2 Å². The molecule has 2 N–H and O–H groups in total. The molecule has 0 bridgehead atoms. The van der Waals surface area contributed by atoms with Gasteiger partial charge in [-0.15, -0.1) is 17.9 Å². The number of hydrogen-bond donors (Lipinski definition) is 2. The van der Waals surface area contributed by atoms with E-state index in [0.29, 0.717) is 18.1 Å². The zero-order valence-corrected chi connectivity index (χ0v) is 12.9. The van der Waals surface area contributed by atoms with Gasteiger partial charge >= 0.3 is 0 Å². The van der Waals surface area contributed by atoms with Gasteiger partial charge in [0.05, 0.1) is 16.8 Å². The Labute approximate surface area is 127 Å². The Morgan fingerprint density at radius 3 is 3.10 bits per heavy atom. The Morgan fingerprint density at radius 2 is 2.35 bits per heavy atom. The summed E-state index contributed by atoms with van der Waals surface area (Å²) in [5, 5.41) is 8.02. The molecule has 1 heterocycles. The van der Waals surface area contributed by atoms with Crippen molar-refractivity contribution in [2.45, 2.75) is 13.5 Å². The first-order valence-corrected chi connectivity index (χ1v) is 7.60. The van der Waals surface area contributed by atoms with Crippen molar-refractivity contribution in [2.24, 2.45) is 4.99 Å². The number of hydrogen-bond acceptors (Lipinski definition) is 3. The van der Waals surface area contributed by atoms with E-state index in [1.807, 2.05) is 25.1 Å². The fraction of sp³-hybridized carbons (Fsp3) is 0.286. The van der Waals surface area contributed by atoms with Gasteiger partial charge in [-0.2, -0.15) is 0 Å². The predicted octanol–water partition coefficient (Wildman–Crippen LogP) is 3.19. The fourth-order valence-corrected chi connectivity index (χ4v) is 2.71. The molecule has 0 atom stereocenters. The van der Waals surface area contributed by atoms with Crippen molar-refractivity contribution in [3.05, 3.63) is 40.9 Å². The lowest BCUT2D eigenvalue weighted by atomic mass is 10.3. The highest BCUT2D eigenvalue weighted by Crippen LogP contribution is 2.25. The molecule has 6 heteroatoms. The van der Waals surface area contributed by atoms with Crippen LogP contribution in [0.15, 0.2) is 35.8 Å². The molecule has 106 valence electrons. The largest absolute Gasteiger partial charge is 0.357 e. The summed E-state index contributed by atoms with van der Waals surface area (Å²) in [6.45, 7) is 7.76. The van der Waals surface area contributed by atoms with Gasteiger partial charge in [-0.1, -0.05) is 17.7 Å². The summed E-state index contributed by atoms with van der Waals surface area (Å²) in [6, 6.07) is 5.75. The van der Waals surface area contributed by atoms with Crippen molar-refractivity contribution in [2.75, 3.05) is 13.1 Å². The third-order valence-electron chi connectivity index (χ3n) is 2.52. The molecule has 0 fully saturated rings. The van der Waals surface area contributed by atoms with E-state index in [-0.39, 0.29) is 0 Å². The molecule has 0 radical (unpaired) electrons. The van der Waals surface area contributed by atoms with Gasteiger partial charge < -0.3 is 10.6 Å². The number of nitrogens with zero attached hydrogens (tertiary/aromatic N) is 2. The number of halogens is 1. The number of aromatic nitrogens is 1. The van der Waals surface area contributed by atoms with Gasteiger partial charge in [-0.05, 0) is 25.1 Å². The minimum Gasteiger partial charge on any atom is -0.357 e. The molecular weight excluding hydrogens is 292 g/mol. The van der Waals surface area contributed by atoms with Crippen LogP contribution in [0.25, 0.3) is 10.2 Å². The normalized spacial score (nSPS) is 11.6. The van der Waals surface area contributed by atoms with Gasteiger partial charge in [0, 0.05) is 18.1 Å². The molecule has 0 saturated carbocycles. The molecule has 4 nitrogen and oxygen atoms in total. The summed E-state index contributed by atoms with van der Waals surface area (Å²) in [5.74, 6) is 0.768. The van der Waals surface area contributed by atoms with E-state index in [1.165, 1.54) is 0 Å². The van der Waals surface area contributed by atoms with E-state index in [9.17, 15) is 0 Å². The summed E-state index contributed by atoms with van der Waals surface area (Å²) >= 11 is 7.60. The van der Waals surface area contributed by atoms with Crippen LogP contribution in [0.4, 0.5) is 0 Å². The minimum absolute atomic E-state index is 0.545. The van der Waals surface area contributed by atoms with Gasteiger partial charge in [-0.3, -0.25) is 0 Å². The molecular formula is C14H17ClN4S. The van der Waals surface area contributed by atoms with E-state index < -0.39 is 0 Å². The number of benzene rings is 1. The maximum absolute atomic E-state index is 5.96. The average Bonchev–Trinajstić information content (AvgIpc) is 2.83. The van der Waals surface area contributed by atoms with E-state index in [1.54, 1.807) is 17.4 Å². The first-order chi connectivity index (χ1) is 9.72. The molecule has 0 amide bonds. The monoisotopic (exact) mass is 308 g/mol. The smallest absolute Gasteiger partial charge is 0.191 e. The zero-order valence-electron chi connectivity index (χ0n) is 11.3. The van der Waals surface area contributed by atoms with Crippen molar-refractivity contribution < 1.29 is 0 Å². The lowest BCUT2D eigenvalue weighted by molar-refractivity contribution is 0.859. The molecule has 20 heavy (non-hydrogen) atoms. The lowest BCUT2D eigenvalue weighted by Crippen LogP contribution is -2.37. The number of nitrogens with one attached hydrogen (secondary N) is 2. The molecule has 0 aliphatic rings. The molecule has 0 aliphatic carbocycles. The molecule has 2 rings (SSSR count). The predicted molar refractivity (Wildman–Crippen MR) is 87.6 cm³/mol. The second-order valence-corrected chi connectivity index (χ2v) is 5.64. The van der Waals surface area contributed by atoms with Crippen LogP contribution >= 0.6 is 22.9 Å². The molecule has 1 aromatic heterocycles. The van der Waals surface area contributed by atoms with Crippen LogP contribution in [0.5, 0.6) is 0 Å². The van der Waals surface area contributed by atoms with Gasteiger partial charge in [0.1, 0.15) is 5.01 Å². The second-order valence-electron chi connectivity index (χ2n) is 4.08. The highest BCUT2D eigenvalue weighted by Gasteiger charge is 2.04. The average molecular weight is 309 g/mol. The Balaban J connectivity index is 2.11. The zero-order chi connectivity index (χ0) is 14.4. The quantitative estimate of drug-likeness (QED) is 0.507. The SMILES string of the molecule is C=CCNC(=NCc1nc2cc(Cl)ccc2s1)NCC. The van der Waals surface area contributed by atoms with E-state index in [0.717, 1.165) is 27.7 Å². The fourth-order valence-electron chi connectivity index (χ4n) is 1.67. The summed E-state index contributed by atoms with van der Waals surface area (Å²) in [7, 11) is 0. The minimum atomic E-state index is 0.545. The number of guanidine groups is 1. The van der Waals surface area contributed by atoms with Crippen LogP contribution < -0.4 is 10.6 Å². The summed E-state index contributed by atoms with van der Waals surface area (Å²) in [4.78, 5) is 9.04. The van der Waals surface area contributed by atoms with Crippen LogP contribution in [0, 0.1) is 0 Å². The van der Waals surface area contributed by atoms with Gasteiger partial charge in [0.25, 0.3) is 0 Å². The van der Waals surface area contributed by atoms with Crippen molar-refractivity contribution in [3.63, 3.8) is 0 Å². The van der Waals surface area contributed by atoms with E-state index >= 15 is 0 Å². The van der Waals surface area contributed by atoms with Crippen molar-refractivity contribution >= 4 is 39.1 Å². The number of fused-ring (bicyclic) bond motifs is 1. The standard InChI is InChI=1S/C14H17ClN4S/c1-3-7-17-14(16-4-2)18-9-13-19-11-8-10(15)5-6-12(11)20-13/h3,5-6,8H,1,4,7,9H2,2H3,(H2,16,17,18). The highest BCUT2D eigenvalue weighted by molar-refractivity contribution is 7.18. The Morgan fingerprint density at radius 1 is 1.50 bits per heavy atom. The Kier molecular flexibility index (Phi) is 5.38. The molecule has 1 aromatic carbocycles. The molecule has 0 aliphatic heterocycles. The maximum atomic E-state index is 5.96. The number of aliphatic imine (C=N–C) groups is 1. The van der Waals surface area contributed by atoms with Crippen molar-refractivity contribution in [1.82, 2.24) is 15.6 Å². The molecule has 0 spiro atoms. The van der Waals surface area contributed by atoms with E-state index in [4.69, 9.17) is 11.6 Å². The molecule has 0 unspecified atom stereocenters. The van der Waals surface area contributed by atoms with Crippen LogP contribution in [0.3, 0.4) is 0 Å². The van der Waals surface area contributed by atoms with Crippen LogP contribution in [-0.2, 0) is 6.54 Å². The number of rotatable bonds is 5. The van der Waals surface area contributed by atoms with Crippen LogP contribution in [0.2, 0.25) is 5.02 Å². The molecule has 0 saturated heterocycles. The second kappa shape index (κ2) is 7.26. The van der Waals surface area contributed by atoms with Gasteiger partial charge in [-0.25, -0.2) is 9.98 Å². The van der Waals surface area contributed by atoms with Gasteiger partial charge in [0.2, 0.25) is 0 Å². The molecule has 2 aromatic rings. The van der Waals surface area contributed by atoms with Crippen LogP contribution in [-0.4, -0.2) is 24.0 Å². The third kappa shape index (κ3) is 3.95. The summed E-state index contributed by atoms with van der Waals surface area (Å²) in [5.41, 5.74) is 0.928. The summed E-state index contributed by atoms with van der Waals surface area (Å²) < 4.78 is 1.13. The third-order valence-corrected chi connectivity index (χ3v) is 3.78. The highest BCUT2D eigenvalue weighted by atomic mass is 35.5. The number of thiazole rings is 1. The van der Waals surface area contributed by atoms with Crippen molar-refractivity contribution in [3.8, 4) is 0 Å². The van der Waals surface area contributed by atoms with Gasteiger partial charge in [0.15, 0.2) is 5.96 Å². The topological polar surface area (TPSA) is 49.3 Å². The lowest BCUT2D eigenvalue weighted by Gasteiger charge is -2.08. The van der Waals surface area contributed by atoms with Crippen LogP contribution in [0.1, 0.15) is 11.9 Å². The summed E-state index contributed by atoms with van der Waals surface area (Å²) in [6.07, 6.45) is 1.80. The van der Waals surface area contributed by atoms with Crippen molar-refractivity contribution in [1.29, 1.82) is 0 Å². The first-order valence-electron chi connectivity index (χ1n) is 6.41. The Hall–Kier alpha value is -1.59. The first kappa shape index (κ1) is 14.8.